The molecule has 0 radical (unpaired) electrons. The topological polar surface area (TPSA) is 245 Å². The smallest absolute Gasteiger partial charge is 0.416 e. The molecule has 4 atom stereocenters. The number of hydrogen-bond donors (Lipinski definition) is 4. The third kappa shape index (κ3) is 28.2. The number of rotatable bonds is 38. The summed E-state index contributed by atoms with van der Waals surface area (Å²) in [5.41, 5.74) is 17.5. The molecule has 4 aliphatic rings. The van der Waals surface area contributed by atoms with E-state index in [1.165, 1.54) is 41.0 Å². The number of nitrogens with zero attached hydrogens (tertiary/aromatic N) is 6. The Kier molecular flexibility index (Phi) is 39.2. The van der Waals surface area contributed by atoms with Gasteiger partial charge in [0, 0.05) is 156 Å². The number of hydrogen-bond acceptors (Lipinski definition) is 14. The third-order valence-corrected chi connectivity index (χ3v) is 28.4. The molecule has 0 bridgehead atoms. The number of alkyl halides is 3. The van der Waals surface area contributed by atoms with Gasteiger partial charge in [-0.15, -0.1) is 34.8 Å². The van der Waals surface area contributed by atoms with E-state index < -0.39 is 12.1 Å². The molecule has 4 N–H and O–H groups in total. The van der Waals surface area contributed by atoms with Crippen LogP contribution in [0.25, 0.3) is 43.6 Å². The molecule has 0 saturated carbocycles. The van der Waals surface area contributed by atoms with Crippen molar-refractivity contribution in [1.29, 1.82) is 0 Å². The molecule has 31 heteroatoms. The van der Waals surface area contributed by atoms with Gasteiger partial charge < -0.3 is 67.1 Å². The summed E-state index contributed by atoms with van der Waals surface area (Å²) in [5, 5.41) is 7.12. The number of aromatic nitrogens is 6. The van der Waals surface area contributed by atoms with Gasteiger partial charge in [0.25, 0.3) is 0 Å². The second kappa shape index (κ2) is 53.6. The Morgan fingerprint density at radius 1 is 0.374 bits per heavy atom. The fourth-order valence-electron chi connectivity index (χ4n) is 19.4. The second-order valence-electron chi connectivity index (χ2n) is 37.3. The van der Waals surface area contributed by atoms with Crippen LogP contribution < -0.4 is 23.7 Å². The molecular weight excluding hydrogens is 2010 g/mol. The number of amides is 4. The highest BCUT2D eigenvalue weighted by molar-refractivity contribution is 6.32. The largest absolute Gasteiger partial charge is 0.494 e. The van der Waals surface area contributed by atoms with E-state index >= 15 is 0 Å². The number of methoxy groups -OCH3 is 1. The zero-order chi connectivity index (χ0) is 102. The molecule has 5 aromatic heterocycles. The molecule has 0 fully saturated rings. The molecule has 15 aromatic rings. The van der Waals surface area contributed by atoms with Crippen molar-refractivity contribution >= 4 is 149 Å². The van der Waals surface area contributed by atoms with Crippen LogP contribution in [0.3, 0.4) is 0 Å². The number of aromatic amines is 4. The number of aryl methyl sites for hydroxylation is 1. The summed E-state index contributed by atoms with van der Waals surface area (Å²) in [6.45, 7) is 10.9. The molecule has 0 aliphatic carbocycles. The molecule has 4 aliphatic heterocycles. The Hall–Kier alpha value is -12.2. The number of ether oxygens (including phenoxy) is 9. The zero-order valence-electron chi connectivity index (χ0n) is 82.8. The van der Waals surface area contributed by atoms with E-state index in [0.29, 0.717) is 116 Å². The Balaban J connectivity index is 0.000000140. The number of halogens is 8. The number of H-pyrrole nitrogens is 4. The van der Waals surface area contributed by atoms with Gasteiger partial charge in [-0.05, 0) is 272 Å². The number of unbranched alkanes of at least 4 members (excludes halogenated alkanes) is 9. The molecule has 772 valence electrons. The minimum Gasteiger partial charge on any atom is -0.494 e. The normalized spacial score (nSPS) is 15.1. The van der Waals surface area contributed by atoms with E-state index in [4.69, 9.17) is 124 Å². The average Bonchev–Trinajstić information content (AvgIpc) is 1.62. The van der Waals surface area contributed by atoms with Gasteiger partial charge in [0.15, 0.2) is 0 Å². The minimum absolute atomic E-state index is 0.214. The first kappa shape index (κ1) is 108. The summed E-state index contributed by atoms with van der Waals surface area (Å²) < 4.78 is 66.7. The van der Waals surface area contributed by atoms with Gasteiger partial charge in [-0.1, -0.05) is 178 Å². The molecule has 9 heterocycles. The lowest BCUT2D eigenvalue weighted by atomic mass is 9.92. The monoisotopic (exact) mass is 2130 g/mol. The molecule has 19 rings (SSSR count). The highest BCUT2D eigenvalue weighted by Crippen LogP contribution is 2.46. The van der Waals surface area contributed by atoms with Gasteiger partial charge in [-0.2, -0.15) is 0 Å². The van der Waals surface area contributed by atoms with Crippen LogP contribution in [0, 0.1) is 11.7 Å². The minimum atomic E-state index is -0.499. The van der Waals surface area contributed by atoms with Crippen LogP contribution >= 0.6 is 81.2 Å². The molecular formula is C116H124Cl7FN10O13. The van der Waals surface area contributed by atoms with Crippen LogP contribution in [0.1, 0.15) is 194 Å². The first-order valence-electron chi connectivity index (χ1n) is 50.6. The molecule has 4 unspecified atom stereocenters. The molecule has 10 aromatic carbocycles. The van der Waals surface area contributed by atoms with Crippen molar-refractivity contribution in [2.75, 3.05) is 97.2 Å². The van der Waals surface area contributed by atoms with Crippen LogP contribution in [0.4, 0.5) is 23.6 Å². The van der Waals surface area contributed by atoms with Crippen LogP contribution in [0.5, 0.6) is 28.7 Å². The molecule has 0 spiro atoms. The standard InChI is InChI=1S/C31H29ClN4O3.C30H29Cl2FN2O3.C28H34Cl2N2O3.C27H32Cl2N2O4/c32-24-9-12-28-27(19-24)26-13-16-36(31(37)39-20-22-5-2-1-3-6-22)30(29(26)34-28)23-7-10-25(11-8-23)38-18-4-15-35-17-14-33-21-35;31-16-3-1-2-4-18-37-23-10-5-20(6-11-23)29-28-25(26-19-21(32)7-14-27(26)34-28)15-17-35(29)30(36)38-24-12-8-22(33)9-13-24;1-19(2)18-35-28(33)32-15-13-23-24-17-21(30)9-12-25(24)31-26(23)27(32)20-7-10-22(11-8-20)34-16-6-4-3-5-14-29;1-33-16-17-35-27(32)31-14-12-22-23-18-20(29)8-11-24(23)30-25(22)26(31)19-6-9-21(10-7-19)34-15-5-3-2-4-13-28/h1-3,5-12,14,17,19,21,30,34H,4,13,15-16,18,20H2;5-14,19,29,34H,1-4,15-18H2;7-12,17,19,27,31H,3-6,13-16,18H2,1-2H3;6-11,18,26,30H,2-5,12-17H2,1H3. The highest BCUT2D eigenvalue weighted by Gasteiger charge is 2.41. The van der Waals surface area contributed by atoms with Crippen molar-refractivity contribution in [3.63, 3.8) is 0 Å². The molecule has 4 amide bonds. The highest BCUT2D eigenvalue weighted by atomic mass is 35.5. The van der Waals surface area contributed by atoms with Gasteiger partial charge >= 0.3 is 24.4 Å². The first-order valence-corrected chi connectivity index (χ1v) is 53.7. The van der Waals surface area contributed by atoms with E-state index in [9.17, 15) is 23.6 Å². The number of benzene rings is 10. The maximum Gasteiger partial charge on any atom is 0.416 e. The molecule has 23 nitrogen and oxygen atoms in total. The van der Waals surface area contributed by atoms with Crippen LogP contribution in [0.2, 0.25) is 20.1 Å². The summed E-state index contributed by atoms with van der Waals surface area (Å²) in [6, 6.07) is 69.1. The van der Waals surface area contributed by atoms with Crippen molar-refractivity contribution in [3.8, 4) is 28.7 Å². The Labute approximate surface area is 892 Å². The maximum absolute atomic E-state index is 13.4. The summed E-state index contributed by atoms with van der Waals surface area (Å²) in [6.07, 6.45) is 20.5. The lowest BCUT2D eigenvalue weighted by Crippen LogP contribution is -2.42. The zero-order valence-corrected chi connectivity index (χ0v) is 88.1. The summed E-state index contributed by atoms with van der Waals surface area (Å²) in [4.78, 5) is 78.3. The summed E-state index contributed by atoms with van der Waals surface area (Å²) in [7, 11) is 1.59. The Morgan fingerprint density at radius 3 is 1.05 bits per heavy atom. The number of nitrogens with one attached hydrogen (secondary N) is 4. The SMILES string of the molecule is CC(C)COC(=O)N1CCc2c([nH]c3ccc(Cl)cc23)C1c1ccc(OCCCCCCCl)cc1.COCCOC(=O)N1CCc2c([nH]c3ccc(Cl)cc23)C1c1ccc(OCCCCCCCl)cc1.O=C(OCc1ccccc1)N1CCc2c([nH]c3ccc(Cl)cc23)C1c1ccc(OCCCn2ccnc2)cc1.O=C(Oc1ccc(F)cc1)N1CCc2c([nH]c3ccc(Cl)cc23)C1c1ccc(OCCCCCCCl)cc1. The number of imidazole rings is 1. The van der Waals surface area contributed by atoms with Crippen LogP contribution in [-0.4, -0.2) is 171 Å². The van der Waals surface area contributed by atoms with Gasteiger partial charge in [-0.3, -0.25) is 19.6 Å². The Morgan fingerprint density at radius 2 is 0.707 bits per heavy atom. The van der Waals surface area contributed by atoms with Gasteiger partial charge in [0.2, 0.25) is 0 Å². The van der Waals surface area contributed by atoms with Crippen molar-refractivity contribution in [3.05, 3.63) is 342 Å². The van der Waals surface area contributed by atoms with E-state index in [1.54, 1.807) is 23.1 Å². The quantitative estimate of drug-likeness (QED) is 0.0160. The first-order chi connectivity index (χ1) is 71.8. The Bertz CT molecular complexity index is 6790. The van der Waals surface area contributed by atoms with E-state index in [-0.39, 0.29) is 61.4 Å². The second-order valence-corrected chi connectivity index (χ2v) is 40.2. The van der Waals surface area contributed by atoms with Crippen LogP contribution in [0.15, 0.2) is 243 Å². The van der Waals surface area contributed by atoms with Crippen molar-refractivity contribution in [1.82, 2.24) is 49.1 Å². The van der Waals surface area contributed by atoms with Gasteiger partial charge in [0.1, 0.15) is 71.9 Å². The van der Waals surface area contributed by atoms with Crippen LogP contribution in [-0.2, 0) is 57.8 Å². The van der Waals surface area contributed by atoms with Crippen molar-refractivity contribution in [2.45, 2.75) is 160 Å². The summed E-state index contributed by atoms with van der Waals surface area (Å²) in [5.74, 6) is 5.54. The molecule has 147 heavy (non-hydrogen) atoms. The van der Waals surface area contributed by atoms with Gasteiger partial charge in [0.05, 0.1) is 46.0 Å². The number of fused-ring (bicyclic) bond motifs is 12. The fourth-order valence-corrected chi connectivity index (χ4v) is 20.6. The summed E-state index contributed by atoms with van der Waals surface area (Å²) >= 11 is 42.4. The van der Waals surface area contributed by atoms with Gasteiger partial charge in [-0.25, -0.2) is 28.6 Å². The molecule has 0 saturated heterocycles. The fraction of sp³-hybridized carbons (Fsp3) is 0.353. The number of carbonyl (C=O) groups is 4. The van der Waals surface area contributed by atoms with E-state index in [2.05, 4.69) is 24.9 Å². The van der Waals surface area contributed by atoms with Crippen molar-refractivity contribution < 1.29 is 66.2 Å². The lowest BCUT2D eigenvalue weighted by Gasteiger charge is -2.35. The van der Waals surface area contributed by atoms with Crippen molar-refractivity contribution in [2.24, 2.45) is 5.92 Å². The van der Waals surface area contributed by atoms with E-state index in [1.807, 2.05) is 241 Å². The average molecular weight is 2130 g/mol. The maximum atomic E-state index is 13.4. The lowest BCUT2D eigenvalue weighted by molar-refractivity contribution is 0.0629. The number of carbonyl (C=O) groups excluding carboxylic acids is 4. The predicted molar refractivity (Wildman–Crippen MR) is 583 cm³/mol. The third-order valence-electron chi connectivity index (χ3n) is 26.6. The predicted octanol–water partition coefficient (Wildman–Crippen LogP) is 29.5. The van der Waals surface area contributed by atoms with E-state index in [0.717, 1.165) is 232 Å².